The Balaban J connectivity index is 2.50. The zero-order valence-corrected chi connectivity index (χ0v) is 8.79. The van der Waals surface area contributed by atoms with Gasteiger partial charge < -0.3 is 5.73 Å². The number of nitrogens with zero attached hydrogens (tertiary/aromatic N) is 1. The number of nitro benzene ring substituents is 1. The molecule has 0 spiro atoms. The molecule has 1 aromatic rings. The highest BCUT2D eigenvalue weighted by Gasteiger charge is 2.03. The summed E-state index contributed by atoms with van der Waals surface area (Å²) in [6, 6.07) is 6.33. The van der Waals surface area contributed by atoms with Crippen molar-refractivity contribution in [1.82, 2.24) is 0 Å². The van der Waals surface area contributed by atoms with Crippen molar-refractivity contribution in [2.45, 2.75) is 11.3 Å². The number of thioether (sulfide) groups is 1. The first-order chi connectivity index (χ1) is 7.09. The second kappa shape index (κ2) is 5.35. The molecule has 0 saturated heterocycles. The van der Waals surface area contributed by atoms with Crippen molar-refractivity contribution in [2.24, 2.45) is 5.73 Å². The van der Waals surface area contributed by atoms with E-state index in [1.807, 2.05) is 0 Å². The van der Waals surface area contributed by atoms with E-state index >= 15 is 0 Å². The van der Waals surface area contributed by atoms with Crippen molar-refractivity contribution in [1.29, 1.82) is 5.41 Å². The first-order valence-electron chi connectivity index (χ1n) is 4.30. The van der Waals surface area contributed by atoms with Gasteiger partial charge >= 0.3 is 0 Å². The molecule has 1 rings (SSSR count). The Bertz CT molecular complexity index is 364. The van der Waals surface area contributed by atoms with Crippen molar-refractivity contribution in [3.05, 3.63) is 34.4 Å². The lowest BCUT2D eigenvalue weighted by molar-refractivity contribution is -0.384. The Morgan fingerprint density at radius 2 is 2.07 bits per heavy atom. The Morgan fingerprint density at radius 3 is 2.53 bits per heavy atom. The molecule has 0 saturated carbocycles. The molecule has 0 aromatic heterocycles. The number of benzene rings is 1. The molecule has 0 aliphatic rings. The third-order valence-electron chi connectivity index (χ3n) is 1.69. The Labute approximate surface area is 91.3 Å². The first-order valence-corrected chi connectivity index (χ1v) is 5.28. The van der Waals surface area contributed by atoms with E-state index < -0.39 is 4.92 Å². The minimum Gasteiger partial charge on any atom is -0.388 e. The van der Waals surface area contributed by atoms with Gasteiger partial charge in [0.05, 0.1) is 10.8 Å². The van der Waals surface area contributed by atoms with Gasteiger partial charge in [-0.3, -0.25) is 15.5 Å². The van der Waals surface area contributed by atoms with Gasteiger partial charge in [0, 0.05) is 29.2 Å². The molecule has 3 N–H and O–H groups in total. The summed E-state index contributed by atoms with van der Waals surface area (Å²) in [5.74, 6) is 0.872. The number of rotatable bonds is 5. The number of hydrogen-bond acceptors (Lipinski definition) is 4. The molecular formula is C9H11N3O2S. The number of non-ortho nitro benzene ring substituents is 1. The highest BCUT2D eigenvalue weighted by molar-refractivity contribution is 7.99. The maximum Gasteiger partial charge on any atom is 0.269 e. The summed E-state index contributed by atoms with van der Waals surface area (Å²) >= 11 is 1.53. The van der Waals surface area contributed by atoms with Gasteiger partial charge in [-0.2, -0.15) is 0 Å². The van der Waals surface area contributed by atoms with E-state index in [2.05, 4.69) is 0 Å². The van der Waals surface area contributed by atoms with E-state index in [1.165, 1.54) is 23.9 Å². The van der Waals surface area contributed by atoms with Crippen molar-refractivity contribution in [3.8, 4) is 0 Å². The summed E-state index contributed by atoms with van der Waals surface area (Å²) in [4.78, 5) is 10.9. The van der Waals surface area contributed by atoms with Crippen LogP contribution in [0.4, 0.5) is 5.69 Å². The van der Waals surface area contributed by atoms with E-state index in [-0.39, 0.29) is 11.5 Å². The molecule has 0 fully saturated rings. The van der Waals surface area contributed by atoms with Gasteiger partial charge in [-0.05, 0) is 12.1 Å². The van der Waals surface area contributed by atoms with E-state index in [4.69, 9.17) is 11.1 Å². The fourth-order valence-corrected chi connectivity index (χ4v) is 1.83. The van der Waals surface area contributed by atoms with Crippen LogP contribution in [0.1, 0.15) is 6.42 Å². The third-order valence-corrected chi connectivity index (χ3v) is 2.70. The van der Waals surface area contributed by atoms with Gasteiger partial charge in [0.2, 0.25) is 0 Å². The van der Waals surface area contributed by atoms with Crippen molar-refractivity contribution < 1.29 is 4.92 Å². The van der Waals surface area contributed by atoms with Crippen molar-refractivity contribution in [3.63, 3.8) is 0 Å². The minimum atomic E-state index is -0.427. The van der Waals surface area contributed by atoms with Gasteiger partial charge in [0.25, 0.3) is 5.69 Å². The lowest BCUT2D eigenvalue weighted by atomic mass is 10.3. The summed E-state index contributed by atoms with van der Waals surface area (Å²) in [6.45, 7) is 0. The quantitative estimate of drug-likeness (QED) is 0.263. The zero-order chi connectivity index (χ0) is 11.3. The summed E-state index contributed by atoms with van der Waals surface area (Å²) < 4.78 is 0. The molecule has 0 heterocycles. The summed E-state index contributed by atoms with van der Waals surface area (Å²) in [6.07, 6.45) is 0.529. The molecule has 0 aliphatic carbocycles. The number of nitrogens with one attached hydrogen (secondary N) is 1. The van der Waals surface area contributed by atoms with E-state index in [0.29, 0.717) is 12.2 Å². The van der Waals surface area contributed by atoms with Crippen LogP contribution in [0.15, 0.2) is 29.2 Å². The van der Waals surface area contributed by atoms with Crippen LogP contribution >= 0.6 is 11.8 Å². The fourth-order valence-electron chi connectivity index (χ4n) is 0.943. The SMILES string of the molecule is N=C(N)CCSc1ccc([N+](=O)[O-])cc1. The molecule has 1 aromatic carbocycles. The largest absolute Gasteiger partial charge is 0.388 e. The van der Waals surface area contributed by atoms with Crippen LogP contribution in [-0.2, 0) is 0 Å². The Hall–Kier alpha value is -1.56. The molecule has 80 valence electrons. The smallest absolute Gasteiger partial charge is 0.269 e. The van der Waals surface area contributed by atoms with Gasteiger partial charge in [0.1, 0.15) is 0 Å². The molecule has 0 unspecified atom stereocenters. The van der Waals surface area contributed by atoms with Crippen LogP contribution < -0.4 is 5.73 Å². The highest BCUT2D eigenvalue weighted by atomic mass is 32.2. The van der Waals surface area contributed by atoms with Crippen LogP contribution in [0.2, 0.25) is 0 Å². The molecule has 0 radical (unpaired) electrons. The fraction of sp³-hybridized carbons (Fsp3) is 0.222. The molecule has 15 heavy (non-hydrogen) atoms. The number of nitro groups is 1. The molecule has 0 bridgehead atoms. The summed E-state index contributed by atoms with van der Waals surface area (Å²) in [5, 5.41) is 17.4. The monoisotopic (exact) mass is 225 g/mol. The molecular weight excluding hydrogens is 214 g/mol. The highest BCUT2D eigenvalue weighted by Crippen LogP contribution is 2.21. The van der Waals surface area contributed by atoms with Gasteiger partial charge in [-0.1, -0.05) is 0 Å². The van der Waals surface area contributed by atoms with Crippen LogP contribution in [0, 0.1) is 15.5 Å². The normalized spacial score (nSPS) is 9.87. The van der Waals surface area contributed by atoms with Crippen LogP contribution in [0.3, 0.4) is 0 Å². The topological polar surface area (TPSA) is 93.0 Å². The number of hydrogen-bond donors (Lipinski definition) is 2. The lowest BCUT2D eigenvalue weighted by Gasteiger charge is -2.00. The predicted molar refractivity (Wildman–Crippen MR) is 60.4 cm³/mol. The van der Waals surface area contributed by atoms with Gasteiger partial charge in [-0.25, -0.2) is 0 Å². The van der Waals surface area contributed by atoms with Crippen molar-refractivity contribution >= 4 is 23.3 Å². The van der Waals surface area contributed by atoms with Gasteiger partial charge in [-0.15, -0.1) is 11.8 Å². The standard InChI is InChI=1S/C9H11N3O2S/c10-9(11)5-6-15-8-3-1-7(2-4-8)12(13)14/h1-4H,5-6H2,(H3,10,11). The van der Waals surface area contributed by atoms with Gasteiger partial charge in [0.15, 0.2) is 0 Å². The Morgan fingerprint density at radius 1 is 1.47 bits per heavy atom. The summed E-state index contributed by atoms with van der Waals surface area (Å²) in [5.41, 5.74) is 5.29. The lowest BCUT2D eigenvalue weighted by Crippen LogP contribution is -2.09. The van der Waals surface area contributed by atoms with E-state index in [9.17, 15) is 10.1 Å². The first kappa shape index (κ1) is 11.5. The van der Waals surface area contributed by atoms with Crippen LogP contribution in [0.25, 0.3) is 0 Å². The zero-order valence-electron chi connectivity index (χ0n) is 7.97. The van der Waals surface area contributed by atoms with Crippen LogP contribution in [0.5, 0.6) is 0 Å². The van der Waals surface area contributed by atoms with E-state index in [0.717, 1.165) is 4.90 Å². The second-order valence-electron chi connectivity index (χ2n) is 2.87. The Kier molecular flexibility index (Phi) is 4.11. The second-order valence-corrected chi connectivity index (χ2v) is 4.04. The minimum absolute atomic E-state index is 0.0888. The molecule has 5 nitrogen and oxygen atoms in total. The molecule has 0 aliphatic heterocycles. The average molecular weight is 225 g/mol. The maximum absolute atomic E-state index is 10.4. The maximum atomic E-state index is 10.4. The molecule has 6 heteroatoms. The number of nitrogens with two attached hydrogens (primary N) is 1. The van der Waals surface area contributed by atoms with E-state index in [1.54, 1.807) is 12.1 Å². The summed E-state index contributed by atoms with van der Waals surface area (Å²) in [7, 11) is 0. The molecule has 0 atom stereocenters. The average Bonchev–Trinajstić information content (AvgIpc) is 2.18. The predicted octanol–water partition coefficient (Wildman–Crippen LogP) is 2.01. The van der Waals surface area contributed by atoms with Crippen LogP contribution in [-0.4, -0.2) is 16.5 Å². The molecule has 0 amide bonds. The third kappa shape index (κ3) is 3.99. The van der Waals surface area contributed by atoms with Crippen molar-refractivity contribution in [2.75, 3.05) is 5.75 Å². The number of amidine groups is 1.